The molecule has 1 aliphatic heterocycles. The Labute approximate surface area is 174 Å². The number of likely N-dealkylation sites (N-methyl/N-ethyl adjacent to an activating group) is 1. The molecule has 0 atom stereocenters. The van der Waals surface area contributed by atoms with Crippen LogP contribution in [0.1, 0.15) is 26.3 Å². The Morgan fingerprint density at radius 2 is 1.71 bits per heavy atom. The van der Waals surface area contributed by atoms with Crippen molar-refractivity contribution in [3.8, 4) is 0 Å². The van der Waals surface area contributed by atoms with E-state index in [0.717, 1.165) is 5.02 Å². The normalized spacial score (nSPS) is 12.3. The lowest BCUT2D eigenvalue weighted by molar-refractivity contribution is -0.138. The second kappa shape index (κ2) is 10.2. The first-order valence-corrected chi connectivity index (χ1v) is 9.02. The average Bonchev–Trinajstić information content (AvgIpc) is 2.81. The lowest BCUT2D eigenvalue weighted by atomic mass is 10.1. The first-order valence-electron chi connectivity index (χ1n) is 8.26. The summed E-state index contributed by atoms with van der Waals surface area (Å²) < 4.78 is 17.6. The summed E-state index contributed by atoms with van der Waals surface area (Å²) in [6.45, 7) is 9.52. The predicted molar refractivity (Wildman–Crippen MR) is 112 cm³/mol. The lowest BCUT2D eigenvalue weighted by Crippen LogP contribution is -2.19. The Morgan fingerprint density at radius 1 is 1.14 bits per heavy atom. The molecule has 2 aromatic rings. The summed E-state index contributed by atoms with van der Waals surface area (Å²) in [5.41, 5.74) is 1.10. The number of amides is 1. The molecule has 0 saturated carbocycles. The van der Waals surface area contributed by atoms with E-state index in [1.165, 1.54) is 17.0 Å². The fraction of sp³-hybridized carbons (Fsp3) is 0.238. The van der Waals surface area contributed by atoms with Crippen LogP contribution in [0.5, 0.6) is 0 Å². The number of anilines is 1. The van der Waals surface area contributed by atoms with E-state index in [4.69, 9.17) is 23.2 Å². The Kier molecular flexibility index (Phi) is 8.66. The fourth-order valence-electron chi connectivity index (χ4n) is 2.04. The number of carbonyl (C=O) groups is 2. The van der Waals surface area contributed by atoms with Gasteiger partial charge >= 0.3 is 0 Å². The minimum Gasteiger partial charge on any atom is -0.462 e. The third-order valence-electron chi connectivity index (χ3n) is 3.42. The van der Waals surface area contributed by atoms with Gasteiger partial charge in [0.1, 0.15) is 11.4 Å². The highest BCUT2D eigenvalue weighted by molar-refractivity contribution is 6.34. The number of fused-ring (bicyclic) bond motifs is 1. The summed E-state index contributed by atoms with van der Waals surface area (Å²) in [5.74, 6) is -0.753. The van der Waals surface area contributed by atoms with Crippen molar-refractivity contribution in [3.63, 3.8) is 0 Å². The molecule has 0 radical (unpaired) electrons. The van der Waals surface area contributed by atoms with Crippen LogP contribution in [0.2, 0.25) is 10.0 Å². The minimum absolute atomic E-state index is 0.0121. The maximum Gasteiger partial charge on any atom is 0.293 e. The first-order chi connectivity index (χ1) is 13.0. The summed E-state index contributed by atoms with van der Waals surface area (Å²) in [7, 11) is 1.60. The van der Waals surface area contributed by atoms with Gasteiger partial charge in [0.25, 0.3) is 12.4 Å². The zero-order valence-corrected chi connectivity index (χ0v) is 17.6. The monoisotopic (exact) mass is 425 g/mol. The van der Waals surface area contributed by atoms with Gasteiger partial charge in [0.15, 0.2) is 0 Å². The molecule has 28 heavy (non-hydrogen) atoms. The van der Waals surface area contributed by atoms with Crippen LogP contribution in [0.4, 0.5) is 10.1 Å². The molecule has 150 valence electrons. The van der Waals surface area contributed by atoms with E-state index < -0.39 is 5.82 Å². The standard InChI is InChI=1S/C10H7ClFNO.C6H5Cl.C5H10O2/c1-5-6-3-8(12)7(11)4-9(6)13(2)10(5)14;7-6-4-2-1-3-5-6;1-5(2,3)7-4-6/h3-4H,1H2,2H3;1-5H;4H,1-3H3. The molecule has 0 aromatic heterocycles. The van der Waals surface area contributed by atoms with E-state index in [1.54, 1.807) is 7.05 Å². The van der Waals surface area contributed by atoms with Crippen molar-refractivity contribution in [2.24, 2.45) is 0 Å². The second-order valence-corrected chi connectivity index (χ2v) is 7.59. The van der Waals surface area contributed by atoms with Crippen molar-refractivity contribution < 1.29 is 18.7 Å². The number of carbonyl (C=O) groups excluding carboxylic acids is 2. The topological polar surface area (TPSA) is 46.6 Å². The van der Waals surface area contributed by atoms with Crippen LogP contribution in [0, 0.1) is 5.82 Å². The molecule has 7 heteroatoms. The third kappa shape index (κ3) is 6.98. The van der Waals surface area contributed by atoms with E-state index >= 15 is 0 Å². The second-order valence-electron chi connectivity index (χ2n) is 6.75. The lowest BCUT2D eigenvalue weighted by Gasteiger charge is -2.14. The molecule has 1 amide bonds. The van der Waals surface area contributed by atoms with Crippen molar-refractivity contribution in [1.82, 2.24) is 0 Å². The van der Waals surface area contributed by atoms with Crippen molar-refractivity contribution in [2.75, 3.05) is 11.9 Å². The predicted octanol–water partition coefficient (Wildman–Crippen LogP) is 5.77. The Morgan fingerprint density at radius 3 is 2.11 bits per heavy atom. The quantitative estimate of drug-likeness (QED) is 0.430. The molecule has 2 aromatic carbocycles. The number of hydrogen-bond acceptors (Lipinski definition) is 3. The Hall–Kier alpha value is -2.37. The van der Waals surface area contributed by atoms with Crippen LogP contribution < -0.4 is 4.90 Å². The number of benzene rings is 2. The SMILES string of the molecule is C=C1C(=O)N(C)c2cc(Cl)c(F)cc21.CC(C)(C)OC=O.Clc1ccccc1. The molecular formula is C21H22Cl2FNO3. The van der Waals surface area contributed by atoms with Crippen molar-refractivity contribution >= 4 is 46.8 Å². The van der Waals surface area contributed by atoms with Gasteiger partial charge in [0.05, 0.1) is 10.7 Å². The maximum absolute atomic E-state index is 13.1. The largest absolute Gasteiger partial charge is 0.462 e. The van der Waals surface area contributed by atoms with Gasteiger partial charge in [-0.2, -0.15) is 0 Å². The molecule has 0 bridgehead atoms. The van der Waals surface area contributed by atoms with Gasteiger partial charge < -0.3 is 9.64 Å². The van der Waals surface area contributed by atoms with Crippen LogP contribution >= 0.6 is 23.2 Å². The van der Waals surface area contributed by atoms with Gasteiger partial charge in [-0.3, -0.25) is 9.59 Å². The zero-order chi connectivity index (χ0) is 21.5. The van der Waals surface area contributed by atoms with Crippen LogP contribution in [0.3, 0.4) is 0 Å². The average molecular weight is 426 g/mol. The number of halogens is 3. The van der Waals surface area contributed by atoms with Crippen LogP contribution in [0.15, 0.2) is 49.0 Å². The first kappa shape index (κ1) is 23.7. The fourth-order valence-corrected chi connectivity index (χ4v) is 2.34. The summed E-state index contributed by atoms with van der Waals surface area (Å²) in [5, 5.41) is 0.806. The summed E-state index contributed by atoms with van der Waals surface area (Å²) >= 11 is 11.2. The number of rotatable bonds is 1. The molecule has 0 N–H and O–H groups in total. The smallest absolute Gasteiger partial charge is 0.293 e. The minimum atomic E-state index is -0.533. The van der Waals surface area contributed by atoms with E-state index in [0.29, 0.717) is 23.3 Å². The van der Waals surface area contributed by atoms with Crippen molar-refractivity contribution in [3.05, 3.63) is 70.5 Å². The molecule has 3 rings (SSSR count). The van der Waals surface area contributed by atoms with Crippen LogP contribution in [-0.4, -0.2) is 25.0 Å². The molecule has 0 saturated heterocycles. The van der Waals surface area contributed by atoms with E-state index in [-0.39, 0.29) is 16.5 Å². The van der Waals surface area contributed by atoms with Gasteiger partial charge in [-0.15, -0.1) is 0 Å². The molecule has 1 aliphatic rings. The molecule has 4 nitrogen and oxygen atoms in total. The summed E-state index contributed by atoms with van der Waals surface area (Å²) in [6.07, 6.45) is 0. The van der Waals surface area contributed by atoms with Gasteiger partial charge in [0, 0.05) is 23.2 Å². The van der Waals surface area contributed by atoms with Gasteiger partial charge in [-0.25, -0.2) is 4.39 Å². The summed E-state index contributed by atoms with van der Waals surface area (Å²) in [4.78, 5) is 22.4. The van der Waals surface area contributed by atoms with Gasteiger partial charge in [-0.1, -0.05) is 48.0 Å². The van der Waals surface area contributed by atoms with E-state index in [2.05, 4.69) is 11.3 Å². The number of hydrogen-bond donors (Lipinski definition) is 0. The molecule has 1 heterocycles. The van der Waals surface area contributed by atoms with Gasteiger partial charge in [-0.05, 0) is 45.0 Å². The molecule has 0 fully saturated rings. The number of nitrogens with zero attached hydrogens (tertiary/aromatic N) is 1. The zero-order valence-electron chi connectivity index (χ0n) is 16.1. The highest BCUT2D eigenvalue weighted by atomic mass is 35.5. The van der Waals surface area contributed by atoms with E-state index in [9.17, 15) is 14.0 Å². The Bertz CT molecular complexity index is 849. The van der Waals surface area contributed by atoms with Gasteiger partial charge in [0.2, 0.25) is 0 Å². The molecule has 0 aliphatic carbocycles. The number of ether oxygens (including phenoxy) is 1. The van der Waals surface area contributed by atoms with Crippen LogP contribution in [0.25, 0.3) is 5.57 Å². The maximum atomic E-state index is 13.1. The molecular weight excluding hydrogens is 404 g/mol. The summed E-state index contributed by atoms with van der Waals surface area (Å²) in [6, 6.07) is 12.1. The third-order valence-corrected chi connectivity index (χ3v) is 3.96. The van der Waals surface area contributed by atoms with E-state index in [1.807, 2.05) is 51.1 Å². The van der Waals surface area contributed by atoms with Crippen molar-refractivity contribution in [1.29, 1.82) is 0 Å². The Balaban J connectivity index is 0.000000237. The highest BCUT2D eigenvalue weighted by Gasteiger charge is 2.29. The molecule has 0 unspecified atom stereocenters. The van der Waals surface area contributed by atoms with Crippen LogP contribution in [-0.2, 0) is 14.3 Å². The van der Waals surface area contributed by atoms with Crippen molar-refractivity contribution in [2.45, 2.75) is 26.4 Å². The highest BCUT2D eigenvalue weighted by Crippen LogP contribution is 2.37. The molecule has 0 spiro atoms.